The van der Waals surface area contributed by atoms with Crippen molar-refractivity contribution in [3.63, 3.8) is 0 Å². The quantitative estimate of drug-likeness (QED) is 0.633. The van der Waals surface area contributed by atoms with Gasteiger partial charge in [-0.25, -0.2) is 4.98 Å². The Balaban J connectivity index is 1.88. The molecule has 5 heteroatoms. The first kappa shape index (κ1) is 13.6. The summed E-state index contributed by atoms with van der Waals surface area (Å²) in [5.41, 5.74) is 1.40. The number of Topliss-reactive ketones (excluding diaryl/α,β-unsaturated/α-hetero) is 1. The van der Waals surface area contributed by atoms with Gasteiger partial charge >= 0.3 is 0 Å². The van der Waals surface area contributed by atoms with E-state index in [1.165, 1.54) is 11.3 Å². The van der Waals surface area contributed by atoms with Crippen molar-refractivity contribution in [2.75, 3.05) is 0 Å². The molecule has 1 heterocycles. The maximum Gasteiger partial charge on any atom is 0.171 e. The predicted octanol–water partition coefficient (Wildman–Crippen LogP) is 5.03. The fraction of sp³-hybridized carbons (Fsp3) is 0.0667. The summed E-state index contributed by atoms with van der Waals surface area (Å²) in [7, 11) is 0. The van der Waals surface area contributed by atoms with Crippen molar-refractivity contribution in [3.05, 3.63) is 63.1 Å². The van der Waals surface area contributed by atoms with E-state index in [0.29, 0.717) is 15.6 Å². The van der Waals surface area contributed by atoms with E-state index in [-0.39, 0.29) is 12.2 Å². The van der Waals surface area contributed by atoms with Gasteiger partial charge in [-0.2, -0.15) is 0 Å². The summed E-state index contributed by atoms with van der Waals surface area (Å²) < 4.78 is 1.08. The molecule has 0 aliphatic carbocycles. The average molecular weight is 322 g/mol. The van der Waals surface area contributed by atoms with Gasteiger partial charge in [-0.15, -0.1) is 11.3 Å². The van der Waals surface area contributed by atoms with E-state index < -0.39 is 0 Å². The number of hydrogen-bond donors (Lipinski definition) is 0. The van der Waals surface area contributed by atoms with Crippen LogP contribution in [0, 0.1) is 0 Å². The van der Waals surface area contributed by atoms with Crippen LogP contribution in [0.15, 0.2) is 42.5 Å². The van der Waals surface area contributed by atoms with Crippen molar-refractivity contribution in [2.24, 2.45) is 0 Å². The van der Waals surface area contributed by atoms with Crippen LogP contribution < -0.4 is 0 Å². The molecule has 0 aliphatic heterocycles. The number of carbonyl (C=O) groups is 1. The highest BCUT2D eigenvalue weighted by atomic mass is 35.5. The Bertz CT molecular complexity index is 764. The molecule has 0 bridgehead atoms. The van der Waals surface area contributed by atoms with Gasteiger partial charge in [0.25, 0.3) is 0 Å². The van der Waals surface area contributed by atoms with E-state index >= 15 is 0 Å². The molecular formula is C15H9Cl2NOS. The van der Waals surface area contributed by atoms with Gasteiger partial charge in [0.05, 0.1) is 21.7 Å². The standard InChI is InChI=1S/C15H9Cl2NOS/c16-9-5-6-10(11(17)7-9)13(19)8-15-18-12-3-1-2-4-14(12)20-15/h1-7H,8H2. The topological polar surface area (TPSA) is 30.0 Å². The van der Waals surface area contributed by atoms with Gasteiger partial charge < -0.3 is 0 Å². The largest absolute Gasteiger partial charge is 0.294 e. The lowest BCUT2D eigenvalue weighted by Crippen LogP contribution is -2.03. The highest BCUT2D eigenvalue weighted by Crippen LogP contribution is 2.25. The molecule has 2 aromatic carbocycles. The Morgan fingerprint density at radius 1 is 1.15 bits per heavy atom. The Labute approximate surface area is 130 Å². The Hall–Kier alpha value is -1.42. The van der Waals surface area contributed by atoms with Crippen LogP contribution in [0.3, 0.4) is 0 Å². The van der Waals surface area contributed by atoms with Crippen LogP contribution in [0.1, 0.15) is 15.4 Å². The second-order valence-electron chi connectivity index (χ2n) is 4.30. The molecule has 3 rings (SSSR count). The first-order valence-corrected chi connectivity index (χ1v) is 7.53. The van der Waals surface area contributed by atoms with E-state index in [9.17, 15) is 4.79 Å². The van der Waals surface area contributed by atoms with Crippen molar-refractivity contribution in [2.45, 2.75) is 6.42 Å². The lowest BCUT2D eigenvalue weighted by Gasteiger charge is -2.02. The fourth-order valence-corrected chi connectivity index (χ4v) is 3.42. The monoisotopic (exact) mass is 321 g/mol. The third-order valence-corrected chi connectivity index (χ3v) is 4.47. The van der Waals surface area contributed by atoms with E-state index in [0.717, 1.165) is 15.2 Å². The van der Waals surface area contributed by atoms with Crippen LogP contribution in [0.25, 0.3) is 10.2 Å². The third kappa shape index (κ3) is 2.70. The molecule has 2 nitrogen and oxygen atoms in total. The molecule has 0 aliphatic rings. The highest BCUT2D eigenvalue weighted by molar-refractivity contribution is 7.18. The van der Waals surface area contributed by atoms with Crippen LogP contribution in [0.5, 0.6) is 0 Å². The van der Waals surface area contributed by atoms with E-state index in [2.05, 4.69) is 4.98 Å². The lowest BCUT2D eigenvalue weighted by molar-refractivity contribution is 0.0993. The van der Waals surface area contributed by atoms with Crippen molar-refractivity contribution in [1.82, 2.24) is 4.98 Å². The second kappa shape index (κ2) is 5.52. The number of para-hydroxylation sites is 1. The van der Waals surface area contributed by atoms with Crippen molar-refractivity contribution < 1.29 is 4.79 Å². The van der Waals surface area contributed by atoms with Gasteiger partial charge in [0.15, 0.2) is 5.78 Å². The Morgan fingerprint density at radius 2 is 1.95 bits per heavy atom. The molecule has 20 heavy (non-hydrogen) atoms. The van der Waals surface area contributed by atoms with E-state index in [1.807, 2.05) is 24.3 Å². The fourth-order valence-electron chi connectivity index (χ4n) is 1.94. The molecule has 0 N–H and O–H groups in total. The molecule has 0 amide bonds. The number of carbonyl (C=O) groups excluding carboxylic acids is 1. The summed E-state index contributed by atoms with van der Waals surface area (Å²) in [6, 6.07) is 12.7. The molecule has 0 saturated carbocycles. The number of thiazole rings is 1. The second-order valence-corrected chi connectivity index (χ2v) is 6.26. The summed E-state index contributed by atoms with van der Waals surface area (Å²) in [5, 5.41) is 1.69. The normalized spacial score (nSPS) is 10.9. The molecule has 1 aromatic heterocycles. The number of fused-ring (bicyclic) bond motifs is 1. The number of benzene rings is 2. The minimum atomic E-state index is -0.0503. The number of aromatic nitrogens is 1. The first-order valence-electron chi connectivity index (χ1n) is 5.96. The number of halogens is 2. The number of rotatable bonds is 3. The zero-order valence-electron chi connectivity index (χ0n) is 10.3. The molecule has 0 atom stereocenters. The van der Waals surface area contributed by atoms with Crippen LogP contribution in [0.2, 0.25) is 10.0 Å². The van der Waals surface area contributed by atoms with Gasteiger partial charge in [-0.05, 0) is 30.3 Å². The van der Waals surface area contributed by atoms with Gasteiger partial charge in [0.1, 0.15) is 5.01 Å². The summed E-state index contributed by atoms with van der Waals surface area (Å²) in [6.07, 6.45) is 0.251. The SMILES string of the molecule is O=C(Cc1nc2ccccc2s1)c1ccc(Cl)cc1Cl. The van der Waals surface area contributed by atoms with Crippen LogP contribution in [-0.4, -0.2) is 10.8 Å². The van der Waals surface area contributed by atoms with E-state index in [1.54, 1.807) is 18.2 Å². The molecule has 3 aromatic rings. The lowest BCUT2D eigenvalue weighted by atomic mass is 10.1. The number of ketones is 1. The minimum Gasteiger partial charge on any atom is -0.294 e. The maximum absolute atomic E-state index is 12.3. The molecular weight excluding hydrogens is 313 g/mol. The highest BCUT2D eigenvalue weighted by Gasteiger charge is 2.14. The predicted molar refractivity (Wildman–Crippen MR) is 84.1 cm³/mol. The van der Waals surface area contributed by atoms with Crippen LogP contribution in [0.4, 0.5) is 0 Å². The summed E-state index contributed by atoms with van der Waals surface area (Å²) >= 11 is 13.4. The summed E-state index contributed by atoms with van der Waals surface area (Å²) in [5.74, 6) is -0.0503. The molecule has 0 radical (unpaired) electrons. The minimum absolute atomic E-state index is 0.0503. The van der Waals surface area contributed by atoms with Crippen molar-refractivity contribution >= 4 is 50.5 Å². The average Bonchev–Trinajstić information content (AvgIpc) is 2.80. The molecule has 100 valence electrons. The first-order chi connectivity index (χ1) is 9.63. The molecule has 0 saturated heterocycles. The number of hydrogen-bond acceptors (Lipinski definition) is 3. The van der Waals surface area contributed by atoms with Crippen LogP contribution >= 0.6 is 34.5 Å². The summed E-state index contributed by atoms with van der Waals surface area (Å²) in [6.45, 7) is 0. The van der Waals surface area contributed by atoms with Gasteiger partial charge in [-0.1, -0.05) is 35.3 Å². The van der Waals surface area contributed by atoms with Gasteiger partial charge in [-0.3, -0.25) is 4.79 Å². The maximum atomic E-state index is 12.3. The number of nitrogens with zero attached hydrogens (tertiary/aromatic N) is 1. The smallest absolute Gasteiger partial charge is 0.171 e. The third-order valence-electron chi connectivity index (χ3n) is 2.88. The van der Waals surface area contributed by atoms with Crippen LogP contribution in [-0.2, 0) is 6.42 Å². The molecule has 0 unspecified atom stereocenters. The Kier molecular flexibility index (Phi) is 3.74. The summed E-state index contributed by atoms with van der Waals surface area (Å²) in [4.78, 5) is 16.7. The van der Waals surface area contributed by atoms with Crippen molar-refractivity contribution in [1.29, 1.82) is 0 Å². The van der Waals surface area contributed by atoms with Gasteiger partial charge in [0, 0.05) is 10.6 Å². The molecule has 0 fully saturated rings. The van der Waals surface area contributed by atoms with Gasteiger partial charge in [0.2, 0.25) is 0 Å². The molecule has 0 spiro atoms. The zero-order valence-corrected chi connectivity index (χ0v) is 12.6. The van der Waals surface area contributed by atoms with E-state index in [4.69, 9.17) is 23.2 Å². The Morgan fingerprint density at radius 3 is 2.70 bits per heavy atom. The van der Waals surface area contributed by atoms with Crippen molar-refractivity contribution in [3.8, 4) is 0 Å². The zero-order chi connectivity index (χ0) is 14.1.